The van der Waals surface area contributed by atoms with Crippen LogP contribution < -0.4 is 5.56 Å². The fourth-order valence-corrected chi connectivity index (χ4v) is 2.84. The van der Waals surface area contributed by atoms with Crippen molar-refractivity contribution in [1.29, 1.82) is 0 Å². The molecule has 4 rings (SSSR count). The number of hydrogen-bond acceptors (Lipinski definition) is 4. The molecule has 4 nitrogen and oxygen atoms in total. The highest BCUT2D eigenvalue weighted by molar-refractivity contribution is 7.15. The monoisotopic (exact) mass is 253 g/mol. The highest BCUT2D eigenvalue weighted by Gasteiger charge is 2.09. The van der Waals surface area contributed by atoms with Crippen LogP contribution in [-0.4, -0.2) is 14.4 Å². The van der Waals surface area contributed by atoms with Crippen molar-refractivity contribution in [2.24, 2.45) is 0 Å². The van der Waals surface area contributed by atoms with Gasteiger partial charge >= 0.3 is 0 Å². The smallest absolute Gasteiger partial charge is 0.267 e. The molecule has 4 aromatic rings. The van der Waals surface area contributed by atoms with Gasteiger partial charge in [0.1, 0.15) is 0 Å². The molecule has 3 heterocycles. The van der Waals surface area contributed by atoms with Gasteiger partial charge in [-0.05, 0) is 6.07 Å². The molecule has 0 aliphatic heterocycles. The van der Waals surface area contributed by atoms with Gasteiger partial charge in [-0.3, -0.25) is 14.2 Å². The van der Waals surface area contributed by atoms with Gasteiger partial charge in [0.2, 0.25) is 0 Å². The summed E-state index contributed by atoms with van der Waals surface area (Å²) in [6, 6.07) is 7.73. The van der Waals surface area contributed by atoms with Crippen LogP contribution in [0.4, 0.5) is 0 Å². The van der Waals surface area contributed by atoms with Crippen molar-refractivity contribution in [3.63, 3.8) is 0 Å². The zero-order valence-electron chi connectivity index (χ0n) is 9.20. The Kier molecular flexibility index (Phi) is 1.82. The molecule has 18 heavy (non-hydrogen) atoms. The second kappa shape index (κ2) is 3.36. The Hall–Kier alpha value is -2.27. The molecule has 0 atom stereocenters. The number of benzene rings is 1. The Labute approximate surface area is 105 Å². The molecule has 5 heteroatoms. The Morgan fingerprint density at radius 1 is 1.17 bits per heavy atom. The van der Waals surface area contributed by atoms with E-state index in [-0.39, 0.29) is 5.56 Å². The summed E-state index contributed by atoms with van der Waals surface area (Å²) in [6.07, 6.45) is 3.35. The first kappa shape index (κ1) is 9.73. The summed E-state index contributed by atoms with van der Waals surface area (Å²) < 4.78 is 1.56. The van der Waals surface area contributed by atoms with Crippen molar-refractivity contribution in [3.05, 3.63) is 52.4 Å². The van der Waals surface area contributed by atoms with E-state index in [0.717, 1.165) is 16.4 Å². The number of nitrogens with zero attached hydrogens (tertiary/aromatic N) is 3. The number of fused-ring (bicyclic) bond motifs is 4. The van der Waals surface area contributed by atoms with E-state index in [1.165, 1.54) is 11.3 Å². The largest absolute Gasteiger partial charge is 0.268 e. The van der Waals surface area contributed by atoms with E-state index in [2.05, 4.69) is 9.97 Å². The number of hydrogen-bond donors (Lipinski definition) is 0. The van der Waals surface area contributed by atoms with Crippen molar-refractivity contribution in [2.75, 3.05) is 0 Å². The summed E-state index contributed by atoms with van der Waals surface area (Å²) in [6.45, 7) is 0. The van der Waals surface area contributed by atoms with E-state index in [9.17, 15) is 4.79 Å². The van der Waals surface area contributed by atoms with E-state index in [0.29, 0.717) is 10.3 Å². The third-order valence-electron chi connectivity index (χ3n) is 2.99. The van der Waals surface area contributed by atoms with E-state index >= 15 is 0 Å². The first-order chi connectivity index (χ1) is 8.84. The lowest BCUT2D eigenvalue weighted by molar-refractivity contribution is 1.11. The van der Waals surface area contributed by atoms with E-state index in [1.807, 2.05) is 29.6 Å². The van der Waals surface area contributed by atoms with Crippen molar-refractivity contribution in [2.45, 2.75) is 0 Å². The molecule has 0 saturated carbocycles. The van der Waals surface area contributed by atoms with Gasteiger partial charge in [0.25, 0.3) is 5.56 Å². The summed E-state index contributed by atoms with van der Waals surface area (Å²) in [5, 5.41) is 3.34. The fourth-order valence-electron chi connectivity index (χ4n) is 2.14. The van der Waals surface area contributed by atoms with Crippen LogP contribution in [0.15, 0.2) is 46.8 Å². The summed E-state index contributed by atoms with van der Waals surface area (Å²) in [5.74, 6) is 0. The Bertz CT molecular complexity index is 955. The Morgan fingerprint density at radius 3 is 3.00 bits per heavy atom. The Balaban J connectivity index is 2.38. The molecule has 0 unspecified atom stereocenters. The summed E-state index contributed by atoms with van der Waals surface area (Å²) >= 11 is 1.46. The quantitative estimate of drug-likeness (QED) is 0.452. The number of pyridine rings is 1. The van der Waals surface area contributed by atoms with Gasteiger partial charge in [0.05, 0.1) is 16.4 Å². The van der Waals surface area contributed by atoms with Crippen LogP contribution >= 0.6 is 11.3 Å². The number of para-hydroxylation sites is 1. The van der Waals surface area contributed by atoms with Crippen molar-refractivity contribution >= 4 is 38.1 Å². The SMILES string of the molecule is O=c1c2cnc3ccccc3c2nc2sccn12. The number of thiazole rings is 1. The highest BCUT2D eigenvalue weighted by Crippen LogP contribution is 2.20. The van der Waals surface area contributed by atoms with Gasteiger partial charge < -0.3 is 0 Å². The first-order valence-corrected chi connectivity index (χ1v) is 6.36. The normalized spacial score (nSPS) is 11.6. The van der Waals surface area contributed by atoms with Crippen LogP contribution in [0.3, 0.4) is 0 Å². The fraction of sp³-hybridized carbons (Fsp3) is 0. The van der Waals surface area contributed by atoms with E-state index in [4.69, 9.17) is 0 Å². The second-order valence-corrected chi connectivity index (χ2v) is 4.88. The van der Waals surface area contributed by atoms with Crippen LogP contribution in [-0.2, 0) is 0 Å². The molecule has 0 bridgehead atoms. The summed E-state index contributed by atoms with van der Waals surface area (Å²) in [7, 11) is 0. The third kappa shape index (κ3) is 1.16. The van der Waals surface area contributed by atoms with Crippen LogP contribution in [0.25, 0.3) is 26.8 Å². The average Bonchev–Trinajstić information content (AvgIpc) is 2.87. The minimum absolute atomic E-state index is 0.0606. The molecule has 0 saturated heterocycles. The zero-order chi connectivity index (χ0) is 12.1. The molecule has 0 amide bonds. The van der Waals surface area contributed by atoms with Crippen LogP contribution in [0.5, 0.6) is 0 Å². The lowest BCUT2D eigenvalue weighted by Gasteiger charge is -2.02. The van der Waals surface area contributed by atoms with Gasteiger partial charge in [-0.1, -0.05) is 18.2 Å². The van der Waals surface area contributed by atoms with E-state index < -0.39 is 0 Å². The van der Waals surface area contributed by atoms with Crippen LogP contribution in [0, 0.1) is 0 Å². The van der Waals surface area contributed by atoms with Crippen molar-refractivity contribution in [1.82, 2.24) is 14.4 Å². The molecule has 0 radical (unpaired) electrons. The maximum absolute atomic E-state index is 12.3. The zero-order valence-corrected chi connectivity index (χ0v) is 10.0. The molecule has 0 aliphatic carbocycles. The lowest BCUT2D eigenvalue weighted by Crippen LogP contribution is -2.13. The van der Waals surface area contributed by atoms with Gasteiger partial charge in [0, 0.05) is 23.2 Å². The molecule has 0 N–H and O–H groups in total. The van der Waals surface area contributed by atoms with E-state index in [1.54, 1.807) is 16.8 Å². The molecule has 0 fully saturated rings. The molecule has 1 aromatic carbocycles. The molecule has 3 aromatic heterocycles. The second-order valence-electron chi connectivity index (χ2n) is 4.01. The molecule has 0 aliphatic rings. The predicted molar refractivity (Wildman–Crippen MR) is 72.1 cm³/mol. The molecule has 0 spiro atoms. The summed E-state index contributed by atoms with van der Waals surface area (Å²) in [4.78, 5) is 21.9. The van der Waals surface area contributed by atoms with Crippen molar-refractivity contribution < 1.29 is 0 Å². The van der Waals surface area contributed by atoms with Crippen LogP contribution in [0.1, 0.15) is 0 Å². The maximum Gasteiger partial charge on any atom is 0.267 e. The number of rotatable bonds is 0. The van der Waals surface area contributed by atoms with Crippen molar-refractivity contribution in [3.8, 4) is 0 Å². The highest BCUT2D eigenvalue weighted by atomic mass is 32.1. The molecular formula is C13H7N3OS. The van der Waals surface area contributed by atoms with Gasteiger partial charge in [0.15, 0.2) is 4.96 Å². The molecular weight excluding hydrogens is 246 g/mol. The van der Waals surface area contributed by atoms with Crippen LogP contribution in [0.2, 0.25) is 0 Å². The number of aromatic nitrogens is 3. The standard InChI is InChI=1S/C13H7N3OS/c17-12-9-7-14-10-4-2-1-3-8(10)11(9)15-13-16(12)5-6-18-13/h1-7H. The summed E-state index contributed by atoms with van der Waals surface area (Å²) in [5.41, 5.74) is 1.53. The minimum Gasteiger partial charge on any atom is -0.268 e. The average molecular weight is 253 g/mol. The van der Waals surface area contributed by atoms with Gasteiger partial charge in [-0.2, -0.15) is 0 Å². The van der Waals surface area contributed by atoms with Gasteiger partial charge in [-0.25, -0.2) is 4.98 Å². The molecule has 86 valence electrons. The Morgan fingerprint density at radius 2 is 2.06 bits per heavy atom. The maximum atomic E-state index is 12.3. The predicted octanol–water partition coefficient (Wildman–Crippen LogP) is 2.46. The first-order valence-electron chi connectivity index (χ1n) is 5.48. The minimum atomic E-state index is -0.0606. The lowest BCUT2D eigenvalue weighted by atomic mass is 10.1. The van der Waals surface area contributed by atoms with Gasteiger partial charge in [-0.15, -0.1) is 11.3 Å². The topological polar surface area (TPSA) is 47.3 Å². The third-order valence-corrected chi connectivity index (χ3v) is 3.75.